The summed E-state index contributed by atoms with van der Waals surface area (Å²) in [6, 6.07) is 13.0. The van der Waals surface area contributed by atoms with Gasteiger partial charge in [0.2, 0.25) is 11.8 Å². The molecule has 0 heterocycles. The van der Waals surface area contributed by atoms with Crippen LogP contribution in [0.2, 0.25) is 5.02 Å². The summed E-state index contributed by atoms with van der Waals surface area (Å²) in [5, 5.41) is 6.18. The van der Waals surface area contributed by atoms with Gasteiger partial charge in [0.25, 0.3) is 0 Å². The molecule has 0 spiro atoms. The number of halogens is 1. The number of carbonyl (C=O) groups is 2. The molecule has 2 unspecified atom stereocenters. The number of hydrogen-bond acceptors (Lipinski definition) is 2. The van der Waals surface area contributed by atoms with Crippen LogP contribution in [0.3, 0.4) is 0 Å². The minimum Gasteiger partial charge on any atom is -0.326 e. The summed E-state index contributed by atoms with van der Waals surface area (Å²) >= 11 is 6.04. The molecule has 0 aliphatic heterocycles. The Morgan fingerprint density at radius 2 is 1.54 bits per heavy atom. The standard InChI is InChI=1S/C19H19ClN2O2/c1-11-7-12(2)9-13(8-11)21-18(23)14-10-15(14)19(24)22-17-6-4-3-5-16(17)20/h3-9,14-15H,10H2,1-2H3,(H,21,23)(H,22,24). The molecule has 4 nitrogen and oxygen atoms in total. The highest BCUT2D eigenvalue weighted by atomic mass is 35.5. The molecule has 0 saturated heterocycles. The number of benzene rings is 2. The molecule has 2 aromatic rings. The van der Waals surface area contributed by atoms with Crippen LogP contribution in [0.5, 0.6) is 0 Å². The molecule has 0 radical (unpaired) electrons. The molecule has 0 bridgehead atoms. The minimum absolute atomic E-state index is 0.112. The van der Waals surface area contributed by atoms with Gasteiger partial charge in [0.1, 0.15) is 0 Å². The molecular formula is C19H19ClN2O2. The molecule has 2 aromatic carbocycles. The highest BCUT2D eigenvalue weighted by Crippen LogP contribution is 2.40. The van der Waals surface area contributed by atoms with Crippen molar-refractivity contribution in [3.05, 3.63) is 58.6 Å². The molecule has 1 aliphatic rings. The number of nitrogens with one attached hydrogen (secondary N) is 2. The van der Waals surface area contributed by atoms with Crippen molar-refractivity contribution in [2.45, 2.75) is 20.3 Å². The van der Waals surface area contributed by atoms with Crippen LogP contribution in [0.4, 0.5) is 11.4 Å². The number of carbonyl (C=O) groups excluding carboxylic acids is 2. The highest BCUT2D eigenvalue weighted by Gasteiger charge is 2.48. The van der Waals surface area contributed by atoms with E-state index in [1.807, 2.05) is 32.0 Å². The third-order valence-electron chi connectivity index (χ3n) is 4.08. The van der Waals surface area contributed by atoms with Crippen LogP contribution in [0.25, 0.3) is 0 Å². The summed E-state index contributed by atoms with van der Waals surface area (Å²) in [7, 11) is 0. The number of para-hydroxylation sites is 1. The lowest BCUT2D eigenvalue weighted by molar-refractivity contribution is -0.122. The molecule has 1 aliphatic carbocycles. The largest absolute Gasteiger partial charge is 0.326 e. The normalized spacial score (nSPS) is 18.8. The second-order valence-electron chi connectivity index (χ2n) is 6.28. The molecule has 2 amide bonds. The molecule has 0 aromatic heterocycles. The summed E-state index contributed by atoms with van der Waals surface area (Å²) in [6.07, 6.45) is 0.562. The van der Waals surface area contributed by atoms with E-state index in [1.54, 1.807) is 24.3 Å². The van der Waals surface area contributed by atoms with Crippen molar-refractivity contribution in [1.29, 1.82) is 0 Å². The number of hydrogen-bond donors (Lipinski definition) is 2. The fourth-order valence-electron chi connectivity index (χ4n) is 2.84. The fraction of sp³-hybridized carbons (Fsp3) is 0.263. The van der Waals surface area contributed by atoms with Crippen molar-refractivity contribution in [2.24, 2.45) is 11.8 Å². The topological polar surface area (TPSA) is 58.2 Å². The maximum atomic E-state index is 12.3. The van der Waals surface area contributed by atoms with Gasteiger partial charge in [0.15, 0.2) is 0 Å². The van der Waals surface area contributed by atoms with Crippen LogP contribution < -0.4 is 10.6 Å². The maximum Gasteiger partial charge on any atom is 0.228 e. The van der Waals surface area contributed by atoms with Crippen LogP contribution in [-0.4, -0.2) is 11.8 Å². The SMILES string of the molecule is Cc1cc(C)cc(NC(=O)C2CC2C(=O)Nc2ccccc2Cl)c1. The Kier molecular flexibility index (Phi) is 4.58. The minimum atomic E-state index is -0.299. The summed E-state index contributed by atoms with van der Waals surface area (Å²) in [5.74, 6) is -0.858. The van der Waals surface area contributed by atoms with E-state index in [2.05, 4.69) is 10.6 Å². The van der Waals surface area contributed by atoms with Crippen LogP contribution >= 0.6 is 11.6 Å². The third kappa shape index (κ3) is 3.77. The van der Waals surface area contributed by atoms with Crippen molar-refractivity contribution in [3.8, 4) is 0 Å². The Labute approximate surface area is 146 Å². The number of amides is 2. The summed E-state index contributed by atoms with van der Waals surface area (Å²) in [6.45, 7) is 3.97. The van der Waals surface area contributed by atoms with Gasteiger partial charge in [-0.15, -0.1) is 0 Å². The first-order valence-electron chi connectivity index (χ1n) is 7.88. The second-order valence-corrected chi connectivity index (χ2v) is 6.69. The first-order valence-corrected chi connectivity index (χ1v) is 8.26. The highest BCUT2D eigenvalue weighted by molar-refractivity contribution is 6.33. The maximum absolute atomic E-state index is 12.3. The van der Waals surface area contributed by atoms with Crippen molar-refractivity contribution < 1.29 is 9.59 Å². The molecule has 1 saturated carbocycles. The van der Waals surface area contributed by atoms with Crippen LogP contribution in [0.15, 0.2) is 42.5 Å². The Balaban J connectivity index is 1.59. The van der Waals surface area contributed by atoms with Gasteiger partial charge in [-0.2, -0.15) is 0 Å². The lowest BCUT2D eigenvalue weighted by Gasteiger charge is -2.08. The summed E-state index contributed by atoms with van der Waals surface area (Å²) < 4.78 is 0. The van der Waals surface area contributed by atoms with Gasteiger partial charge in [-0.25, -0.2) is 0 Å². The van der Waals surface area contributed by atoms with Gasteiger partial charge in [0, 0.05) is 5.69 Å². The van der Waals surface area contributed by atoms with Crippen molar-refractivity contribution in [1.82, 2.24) is 0 Å². The molecule has 124 valence electrons. The van der Waals surface area contributed by atoms with E-state index in [0.29, 0.717) is 17.1 Å². The smallest absolute Gasteiger partial charge is 0.228 e. The number of aryl methyl sites for hydroxylation is 2. The van der Waals surface area contributed by atoms with E-state index in [1.165, 1.54) is 0 Å². The summed E-state index contributed by atoms with van der Waals surface area (Å²) in [4.78, 5) is 24.6. The van der Waals surface area contributed by atoms with Crippen molar-refractivity contribution in [2.75, 3.05) is 10.6 Å². The zero-order chi connectivity index (χ0) is 17.3. The molecular weight excluding hydrogens is 324 g/mol. The van der Waals surface area contributed by atoms with Gasteiger partial charge >= 0.3 is 0 Å². The average molecular weight is 343 g/mol. The number of rotatable bonds is 4. The Morgan fingerprint density at radius 1 is 0.958 bits per heavy atom. The lowest BCUT2D eigenvalue weighted by atomic mass is 10.1. The van der Waals surface area contributed by atoms with Crippen LogP contribution in [0, 0.1) is 25.7 Å². The molecule has 24 heavy (non-hydrogen) atoms. The average Bonchev–Trinajstić information content (AvgIpc) is 3.29. The first-order chi connectivity index (χ1) is 11.4. The molecule has 2 N–H and O–H groups in total. The van der Waals surface area contributed by atoms with E-state index >= 15 is 0 Å². The van der Waals surface area contributed by atoms with Gasteiger partial charge in [0.05, 0.1) is 22.5 Å². The summed E-state index contributed by atoms with van der Waals surface area (Å²) in [5.41, 5.74) is 3.53. The van der Waals surface area contributed by atoms with E-state index in [0.717, 1.165) is 16.8 Å². The van der Waals surface area contributed by atoms with Gasteiger partial charge < -0.3 is 10.6 Å². The van der Waals surface area contributed by atoms with E-state index in [4.69, 9.17) is 11.6 Å². The zero-order valence-electron chi connectivity index (χ0n) is 13.6. The second kappa shape index (κ2) is 6.65. The fourth-order valence-corrected chi connectivity index (χ4v) is 3.03. The monoisotopic (exact) mass is 342 g/mol. The molecule has 5 heteroatoms. The van der Waals surface area contributed by atoms with Crippen molar-refractivity contribution >= 4 is 34.8 Å². The van der Waals surface area contributed by atoms with Crippen molar-refractivity contribution in [3.63, 3.8) is 0 Å². The molecule has 3 rings (SSSR count). The van der Waals surface area contributed by atoms with Gasteiger partial charge in [-0.3, -0.25) is 9.59 Å². The first kappa shape index (κ1) is 16.5. The predicted molar refractivity (Wildman–Crippen MR) is 96.2 cm³/mol. The predicted octanol–water partition coefficient (Wildman–Crippen LogP) is 4.17. The Hall–Kier alpha value is -2.33. The lowest BCUT2D eigenvalue weighted by Crippen LogP contribution is -2.20. The number of anilines is 2. The van der Waals surface area contributed by atoms with Gasteiger partial charge in [-0.1, -0.05) is 29.8 Å². The quantitative estimate of drug-likeness (QED) is 0.876. The zero-order valence-corrected chi connectivity index (χ0v) is 14.4. The van der Waals surface area contributed by atoms with E-state index < -0.39 is 0 Å². The molecule has 2 atom stereocenters. The van der Waals surface area contributed by atoms with Crippen LogP contribution in [-0.2, 0) is 9.59 Å². The van der Waals surface area contributed by atoms with Crippen LogP contribution in [0.1, 0.15) is 17.5 Å². The van der Waals surface area contributed by atoms with Gasteiger partial charge in [-0.05, 0) is 55.7 Å². The van der Waals surface area contributed by atoms with E-state index in [-0.39, 0.29) is 23.7 Å². The van der Waals surface area contributed by atoms with E-state index in [9.17, 15) is 9.59 Å². The Morgan fingerprint density at radius 3 is 2.17 bits per heavy atom. The Bertz CT molecular complexity index is 783. The molecule has 1 fully saturated rings. The third-order valence-corrected chi connectivity index (χ3v) is 4.41.